The third kappa shape index (κ3) is 3.82. The number of nitrogens with zero attached hydrogens (tertiary/aromatic N) is 1. The van der Waals surface area contributed by atoms with Gasteiger partial charge in [0.15, 0.2) is 0 Å². The van der Waals surface area contributed by atoms with Crippen molar-refractivity contribution in [3.05, 3.63) is 35.9 Å². The Morgan fingerprint density at radius 3 is 2.65 bits per heavy atom. The summed E-state index contributed by atoms with van der Waals surface area (Å²) in [5, 5.41) is 21.6. The molecule has 6 heteroatoms. The highest BCUT2D eigenvalue weighted by Crippen LogP contribution is 2.34. The zero-order chi connectivity index (χ0) is 16.9. The van der Waals surface area contributed by atoms with E-state index in [4.69, 9.17) is 4.74 Å². The molecule has 1 aliphatic heterocycles. The van der Waals surface area contributed by atoms with E-state index in [0.29, 0.717) is 0 Å². The number of aliphatic hydroxyl groups is 1. The van der Waals surface area contributed by atoms with Crippen LogP contribution in [0.4, 0.5) is 4.79 Å². The number of hydrogen-bond donors (Lipinski definition) is 1. The molecule has 0 spiro atoms. The minimum absolute atomic E-state index is 0.160. The molecule has 1 amide bonds. The predicted molar refractivity (Wildman–Crippen MR) is 81.2 cm³/mol. The van der Waals surface area contributed by atoms with E-state index in [1.165, 1.54) is 4.90 Å². The van der Waals surface area contributed by atoms with E-state index in [1.54, 1.807) is 6.92 Å². The molecule has 0 radical (unpaired) electrons. The standard InChI is InChI=1S/C17H23NO5/c1-2-17(15(20)21)9-11-18(10-8-14(17)19)16(22)23-12-13-6-4-3-5-7-13/h3-7,14,19H,2,8-12H2,1H3,(H,20,21)/p-1. The molecule has 0 aliphatic carbocycles. The number of carbonyl (C=O) groups is 2. The molecule has 0 aromatic heterocycles. The lowest BCUT2D eigenvalue weighted by Gasteiger charge is -2.36. The molecule has 1 heterocycles. The van der Waals surface area contributed by atoms with Crippen molar-refractivity contribution in [2.24, 2.45) is 5.41 Å². The van der Waals surface area contributed by atoms with Crippen molar-refractivity contribution in [1.82, 2.24) is 4.90 Å². The fraction of sp³-hybridized carbons (Fsp3) is 0.529. The van der Waals surface area contributed by atoms with E-state index in [1.807, 2.05) is 30.3 Å². The largest absolute Gasteiger partial charge is 0.549 e. The third-order valence-corrected chi connectivity index (χ3v) is 4.64. The lowest BCUT2D eigenvalue weighted by molar-refractivity contribution is -0.324. The Bertz CT molecular complexity index is 547. The number of carbonyl (C=O) groups excluding carboxylic acids is 2. The van der Waals surface area contributed by atoms with Crippen molar-refractivity contribution in [2.75, 3.05) is 13.1 Å². The number of carboxylic acids is 1. The summed E-state index contributed by atoms with van der Waals surface area (Å²) in [6.45, 7) is 2.37. The maximum absolute atomic E-state index is 12.2. The summed E-state index contributed by atoms with van der Waals surface area (Å²) in [5.74, 6) is -1.26. The lowest BCUT2D eigenvalue weighted by Crippen LogP contribution is -2.49. The van der Waals surface area contributed by atoms with Gasteiger partial charge >= 0.3 is 6.09 Å². The van der Waals surface area contributed by atoms with Crippen LogP contribution in [0.3, 0.4) is 0 Å². The van der Waals surface area contributed by atoms with Crippen LogP contribution in [0.15, 0.2) is 30.3 Å². The Morgan fingerprint density at radius 2 is 2.04 bits per heavy atom. The van der Waals surface area contributed by atoms with Crippen LogP contribution in [0.2, 0.25) is 0 Å². The Kier molecular flexibility index (Phi) is 5.60. The van der Waals surface area contributed by atoms with Gasteiger partial charge in [-0.25, -0.2) is 4.79 Å². The zero-order valence-corrected chi connectivity index (χ0v) is 13.2. The SMILES string of the molecule is CCC1(C(=O)[O-])CCN(C(=O)OCc2ccccc2)CCC1O. The van der Waals surface area contributed by atoms with Gasteiger partial charge in [-0.3, -0.25) is 0 Å². The van der Waals surface area contributed by atoms with Crippen molar-refractivity contribution in [3.63, 3.8) is 0 Å². The van der Waals surface area contributed by atoms with E-state index in [2.05, 4.69) is 0 Å². The van der Waals surface area contributed by atoms with Crippen LogP contribution >= 0.6 is 0 Å². The highest BCUT2D eigenvalue weighted by molar-refractivity contribution is 5.74. The van der Waals surface area contributed by atoms with Crippen molar-refractivity contribution in [1.29, 1.82) is 0 Å². The molecule has 1 aromatic carbocycles. The maximum atomic E-state index is 12.2. The van der Waals surface area contributed by atoms with Gasteiger partial charge in [-0.15, -0.1) is 0 Å². The van der Waals surface area contributed by atoms with Gasteiger partial charge in [0.25, 0.3) is 0 Å². The van der Waals surface area contributed by atoms with Crippen LogP contribution < -0.4 is 5.11 Å². The van der Waals surface area contributed by atoms with E-state index in [9.17, 15) is 19.8 Å². The normalized spacial score (nSPS) is 24.8. The van der Waals surface area contributed by atoms with Gasteiger partial charge in [0.1, 0.15) is 6.61 Å². The number of aliphatic carboxylic acids is 1. The maximum Gasteiger partial charge on any atom is 0.410 e. The molecule has 0 saturated carbocycles. The number of amides is 1. The summed E-state index contributed by atoms with van der Waals surface area (Å²) < 4.78 is 5.26. The fourth-order valence-electron chi connectivity index (χ4n) is 2.96. The molecule has 1 aromatic rings. The molecule has 126 valence electrons. The Hall–Kier alpha value is -2.08. The molecule has 0 bridgehead atoms. The van der Waals surface area contributed by atoms with Crippen LogP contribution in [0.25, 0.3) is 0 Å². The first-order valence-electron chi connectivity index (χ1n) is 7.84. The molecule has 2 atom stereocenters. The summed E-state index contributed by atoms with van der Waals surface area (Å²) >= 11 is 0. The number of rotatable bonds is 4. The molecule has 1 aliphatic rings. The Labute approximate surface area is 135 Å². The van der Waals surface area contributed by atoms with E-state index in [0.717, 1.165) is 5.56 Å². The van der Waals surface area contributed by atoms with E-state index >= 15 is 0 Å². The minimum Gasteiger partial charge on any atom is -0.549 e. The molecule has 2 unspecified atom stereocenters. The average Bonchev–Trinajstić information content (AvgIpc) is 2.73. The molecular formula is C17H22NO5-. The fourth-order valence-corrected chi connectivity index (χ4v) is 2.96. The third-order valence-electron chi connectivity index (χ3n) is 4.64. The highest BCUT2D eigenvalue weighted by atomic mass is 16.6. The second-order valence-corrected chi connectivity index (χ2v) is 5.88. The minimum atomic E-state index is -1.30. The summed E-state index contributed by atoms with van der Waals surface area (Å²) in [5.41, 5.74) is -0.414. The molecule has 1 fully saturated rings. The first-order valence-corrected chi connectivity index (χ1v) is 7.84. The van der Waals surface area contributed by atoms with Gasteiger partial charge < -0.3 is 24.6 Å². The number of benzene rings is 1. The van der Waals surface area contributed by atoms with Crippen LogP contribution in [0.1, 0.15) is 31.7 Å². The van der Waals surface area contributed by atoms with Crippen LogP contribution in [-0.4, -0.2) is 41.3 Å². The summed E-state index contributed by atoms with van der Waals surface area (Å²) in [6.07, 6.45) is -0.894. The van der Waals surface area contributed by atoms with Gasteiger partial charge in [0, 0.05) is 18.5 Å². The van der Waals surface area contributed by atoms with Crippen LogP contribution in [-0.2, 0) is 16.1 Å². The van der Waals surface area contributed by atoms with E-state index in [-0.39, 0.29) is 39.0 Å². The molecule has 6 nitrogen and oxygen atoms in total. The molecule has 1 saturated heterocycles. The number of ether oxygens (including phenoxy) is 1. The predicted octanol–water partition coefficient (Wildman–Crippen LogP) is 0.926. The van der Waals surface area contributed by atoms with Crippen LogP contribution in [0.5, 0.6) is 0 Å². The van der Waals surface area contributed by atoms with Crippen molar-refractivity contribution < 1.29 is 24.5 Å². The topological polar surface area (TPSA) is 89.9 Å². The number of likely N-dealkylation sites (tertiary alicyclic amines) is 1. The summed E-state index contributed by atoms with van der Waals surface area (Å²) in [4.78, 5) is 25.1. The van der Waals surface area contributed by atoms with Gasteiger partial charge in [-0.2, -0.15) is 0 Å². The van der Waals surface area contributed by atoms with Crippen molar-refractivity contribution in [3.8, 4) is 0 Å². The summed E-state index contributed by atoms with van der Waals surface area (Å²) in [7, 11) is 0. The van der Waals surface area contributed by atoms with Gasteiger partial charge in [0.05, 0.1) is 12.1 Å². The van der Waals surface area contributed by atoms with Gasteiger partial charge in [-0.1, -0.05) is 37.3 Å². The van der Waals surface area contributed by atoms with E-state index < -0.39 is 23.6 Å². The Balaban J connectivity index is 1.96. The van der Waals surface area contributed by atoms with Crippen molar-refractivity contribution >= 4 is 12.1 Å². The van der Waals surface area contributed by atoms with Gasteiger partial charge in [-0.05, 0) is 24.8 Å². The number of carboxylic acid groups (broad SMARTS) is 1. The monoisotopic (exact) mass is 320 g/mol. The summed E-state index contributed by atoms with van der Waals surface area (Å²) in [6, 6.07) is 9.32. The Morgan fingerprint density at radius 1 is 1.35 bits per heavy atom. The molecule has 2 rings (SSSR count). The van der Waals surface area contributed by atoms with Gasteiger partial charge in [0.2, 0.25) is 0 Å². The molecular weight excluding hydrogens is 298 g/mol. The smallest absolute Gasteiger partial charge is 0.410 e. The first-order chi connectivity index (χ1) is 11.0. The highest BCUT2D eigenvalue weighted by Gasteiger charge is 2.41. The number of aliphatic hydroxyl groups excluding tert-OH is 1. The lowest BCUT2D eigenvalue weighted by atomic mass is 9.76. The average molecular weight is 320 g/mol. The van der Waals surface area contributed by atoms with Crippen LogP contribution in [0, 0.1) is 5.41 Å². The number of hydrogen-bond acceptors (Lipinski definition) is 5. The molecule has 1 N–H and O–H groups in total. The second-order valence-electron chi connectivity index (χ2n) is 5.88. The van der Waals surface area contributed by atoms with Crippen molar-refractivity contribution in [2.45, 2.75) is 38.9 Å². The first kappa shape index (κ1) is 17.3. The zero-order valence-electron chi connectivity index (χ0n) is 13.2. The second kappa shape index (κ2) is 7.46. The molecule has 23 heavy (non-hydrogen) atoms. The quantitative estimate of drug-likeness (QED) is 0.891.